The molecule has 0 bridgehead atoms. The molecule has 9 heteroatoms. The van der Waals surface area contributed by atoms with Crippen molar-refractivity contribution in [3.05, 3.63) is 62.6 Å². The summed E-state index contributed by atoms with van der Waals surface area (Å²) in [5, 5.41) is 12.5. The van der Waals surface area contributed by atoms with Gasteiger partial charge in [-0.2, -0.15) is 0 Å². The number of benzene rings is 2. The average molecular weight is 465 g/mol. The fraction of sp³-hybridized carbons (Fsp3) is 0.211. The highest BCUT2D eigenvalue weighted by Crippen LogP contribution is 2.37. The van der Waals surface area contributed by atoms with Gasteiger partial charge in [0.1, 0.15) is 35.8 Å². The van der Waals surface area contributed by atoms with Gasteiger partial charge in [-0.3, -0.25) is 0 Å². The van der Waals surface area contributed by atoms with Crippen LogP contribution in [0.2, 0.25) is 10.0 Å². The molecule has 0 saturated heterocycles. The maximum absolute atomic E-state index is 8.76. The van der Waals surface area contributed by atoms with Crippen molar-refractivity contribution in [2.45, 2.75) is 6.92 Å². The van der Waals surface area contributed by atoms with E-state index < -0.39 is 0 Å². The normalized spacial score (nSPS) is 11.1. The lowest BCUT2D eigenvalue weighted by Crippen LogP contribution is -2.09. The third-order valence-corrected chi connectivity index (χ3v) is 4.35. The van der Waals surface area contributed by atoms with Gasteiger partial charge < -0.3 is 19.4 Å². The van der Waals surface area contributed by atoms with E-state index in [4.69, 9.17) is 65.8 Å². The predicted molar refractivity (Wildman–Crippen MR) is 113 cm³/mol. The van der Waals surface area contributed by atoms with Crippen molar-refractivity contribution in [3.8, 4) is 17.2 Å². The Hall–Kier alpha value is -1.79. The van der Waals surface area contributed by atoms with Gasteiger partial charge in [-0.1, -0.05) is 51.6 Å². The Morgan fingerprint density at radius 1 is 0.964 bits per heavy atom. The Morgan fingerprint density at radius 2 is 1.57 bits per heavy atom. The molecule has 0 heterocycles. The van der Waals surface area contributed by atoms with Gasteiger partial charge >= 0.3 is 0 Å². The Labute approximate surface area is 183 Å². The first-order valence-electron chi connectivity index (χ1n) is 8.08. The zero-order valence-electron chi connectivity index (χ0n) is 14.8. The number of rotatable bonds is 9. The third kappa shape index (κ3) is 6.99. The maximum Gasteiger partial charge on any atom is 0.156 e. The lowest BCUT2D eigenvalue weighted by Gasteiger charge is -2.13. The minimum atomic E-state index is 0.114. The molecule has 150 valence electrons. The van der Waals surface area contributed by atoms with E-state index in [2.05, 4.69) is 5.16 Å². The molecule has 28 heavy (non-hydrogen) atoms. The lowest BCUT2D eigenvalue weighted by atomic mass is 10.1. The van der Waals surface area contributed by atoms with E-state index in [-0.39, 0.29) is 24.3 Å². The van der Waals surface area contributed by atoms with Gasteiger partial charge in [0.05, 0.1) is 15.8 Å². The molecule has 0 aliphatic heterocycles. The molecule has 0 unspecified atom stereocenters. The highest BCUT2D eigenvalue weighted by molar-refractivity contribution is 6.55. The fourth-order valence-electron chi connectivity index (χ4n) is 2.11. The molecule has 0 aromatic heterocycles. The standard InChI is InChI=1S/C19H17Cl4NO4/c1-12(24-25)13-2-4-14(5-3-13)27-8-9-28-19-16(20)10-15(11-17(19)21)26-7-6-18(22)23/h2-6,10-11,25H,7-9H2,1H3. The molecule has 0 amide bonds. The van der Waals surface area contributed by atoms with Crippen molar-refractivity contribution in [1.82, 2.24) is 0 Å². The number of hydrogen-bond acceptors (Lipinski definition) is 5. The second-order valence-electron chi connectivity index (χ2n) is 5.43. The number of halogens is 4. The van der Waals surface area contributed by atoms with Crippen LogP contribution in [-0.4, -0.2) is 30.7 Å². The van der Waals surface area contributed by atoms with Crippen molar-refractivity contribution < 1.29 is 19.4 Å². The van der Waals surface area contributed by atoms with Crippen molar-refractivity contribution in [1.29, 1.82) is 0 Å². The zero-order valence-corrected chi connectivity index (χ0v) is 17.8. The van der Waals surface area contributed by atoms with Gasteiger partial charge in [0.25, 0.3) is 0 Å². The van der Waals surface area contributed by atoms with Gasteiger partial charge in [-0.15, -0.1) is 0 Å². The summed E-state index contributed by atoms with van der Waals surface area (Å²) in [5.41, 5.74) is 1.32. The summed E-state index contributed by atoms with van der Waals surface area (Å²) in [7, 11) is 0. The molecular weight excluding hydrogens is 448 g/mol. The SMILES string of the molecule is CC(=NO)c1ccc(OCCOc2c(Cl)cc(OCC=C(Cl)Cl)cc2Cl)cc1. The van der Waals surface area contributed by atoms with E-state index in [1.165, 1.54) is 6.08 Å². The lowest BCUT2D eigenvalue weighted by molar-refractivity contribution is 0.217. The van der Waals surface area contributed by atoms with E-state index in [1.807, 2.05) is 0 Å². The first-order chi connectivity index (χ1) is 13.4. The van der Waals surface area contributed by atoms with Crippen molar-refractivity contribution in [2.24, 2.45) is 5.16 Å². The second-order valence-corrected chi connectivity index (χ2v) is 7.25. The summed E-state index contributed by atoms with van der Waals surface area (Å²) in [5.74, 6) is 1.46. The minimum absolute atomic E-state index is 0.114. The Bertz CT molecular complexity index is 827. The summed E-state index contributed by atoms with van der Waals surface area (Å²) in [6, 6.07) is 10.3. The summed E-state index contributed by atoms with van der Waals surface area (Å²) >= 11 is 23.5. The molecule has 0 radical (unpaired) electrons. The van der Waals surface area contributed by atoms with Gasteiger partial charge in [-0.05, 0) is 42.8 Å². The topological polar surface area (TPSA) is 60.3 Å². The molecule has 0 spiro atoms. The minimum Gasteiger partial charge on any atom is -0.490 e. The van der Waals surface area contributed by atoms with E-state index >= 15 is 0 Å². The van der Waals surface area contributed by atoms with Crippen LogP contribution in [0.4, 0.5) is 0 Å². The molecule has 0 fully saturated rings. The van der Waals surface area contributed by atoms with Gasteiger partial charge in [0.2, 0.25) is 0 Å². The van der Waals surface area contributed by atoms with Crippen LogP contribution in [0.1, 0.15) is 12.5 Å². The van der Waals surface area contributed by atoms with E-state index in [0.717, 1.165) is 5.56 Å². The average Bonchev–Trinajstić information content (AvgIpc) is 2.66. The van der Waals surface area contributed by atoms with Crippen molar-refractivity contribution in [2.75, 3.05) is 19.8 Å². The van der Waals surface area contributed by atoms with Gasteiger partial charge in [-0.25, -0.2) is 0 Å². The molecule has 1 N–H and O–H groups in total. The molecule has 0 atom stereocenters. The van der Waals surface area contributed by atoms with Crippen LogP contribution in [0, 0.1) is 0 Å². The van der Waals surface area contributed by atoms with Crippen molar-refractivity contribution >= 4 is 52.1 Å². The highest BCUT2D eigenvalue weighted by Gasteiger charge is 2.11. The van der Waals surface area contributed by atoms with Crippen LogP contribution in [0.5, 0.6) is 17.2 Å². The summed E-state index contributed by atoms with van der Waals surface area (Å²) in [6.07, 6.45) is 1.50. The maximum atomic E-state index is 8.76. The smallest absolute Gasteiger partial charge is 0.156 e. The number of ether oxygens (including phenoxy) is 3. The number of oxime groups is 1. The Balaban J connectivity index is 1.86. The van der Waals surface area contributed by atoms with Crippen LogP contribution in [0.25, 0.3) is 0 Å². The van der Waals surface area contributed by atoms with Gasteiger partial charge in [0, 0.05) is 12.1 Å². The van der Waals surface area contributed by atoms with Crippen LogP contribution >= 0.6 is 46.4 Å². The van der Waals surface area contributed by atoms with Crippen LogP contribution in [0.3, 0.4) is 0 Å². The molecule has 2 aromatic carbocycles. The summed E-state index contributed by atoms with van der Waals surface area (Å²) < 4.78 is 16.8. The summed E-state index contributed by atoms with van der Waals surface area (Å²) in [6.45, 7) is 2.42. The van der Waals surface area contributed by atoms with Crippen LogP contribution in [-0.2, 0) is 0 Å². The van der Waals surface area contributed by atoms with Gasteiger partial charge in [0.15, 0.2) is 5.75 Å². The molecule has 0 saturated carbocycles. The van der Waals surface area contributed by atoms with Crippen LogP contribution in [0.15, 0.2) is 52.1 Å². The molecule has 2 aromatic rings. The first-order valence-corrected chi connectivity index (χ1v) is 9.59. The van der Waals surface area contributed by atoms with E-state index in [1.54, 1.807) is 43.3 Å². The molecular formula is C19H17Cl4NO4. The second kappa shape index (κ2) is 11.3. The molecule has 0 aliphatic rings. The zero-order chi connectivity index (χ0) is 20.5. The highest BCUT2D eigenvalue weighted by atomic mass is 35.5. The Morgan fingerprint density at radius 3 is 2.14 bits per heavy atom. The molecule has 5 nitrogen and oxygen atoms in total. The number of hydrogen-bond donors (Lipinski definition) is 1. The largest absolute Gasteiger partial charge is 0.490 e. The van der Waals surface area contributed by atoms with E-state index in [9.17, 15) is 0 Å². The third-order valence-electron chi connectivity index (χ3n) is 3.48. The number of nitrogens with zero attached hydrogens (tertiary/aromatic N) is 1. The Kier molecular flexibility index (Phi) is 9.06. The fourth-order valence-corrected chi connectivity index (χ4v) is 2.81. The van der Waals surface area contributed by atoms with E-state index in [0.29, 0.717) is 33.0 Å². The quantitative estimate of drug-likeness (QED) is 0.203. The molecule has 2 rings (SSSR count). The van der Waals surface area contributed by atoms with Crippen molar-refractivity contribution in [3.63, 3.8) is 0 Å². The predicted octanol–water partition coefficient (Wildman–Crippen LogP) is 6.35. The molecule has 0 aliphatic carbocycles. The first kappa shape index (κ1) is 22.5. The summed E-state index contributed by atoms with van der Waals surface area (Å²) in [4.78, 5) is 0. The van der Waals surface area contributed by atoms with Crippen LogP contribution < -0.4 is 14.2 Å². The monoisotopic (exact) mass is 463 g/mol.